The van der Waals surface area contributed by atoms with Gasteiger partial charge in [-0.1, -0.05) is 6.07 Å². The maximum absolute atomic E-state index is 2.08. The monoisotopic (exact) mass is 187 g/mol. The van der Waals surface area contributed by atoms with Crippen LogP contribution in [0.1, 0.15) is 5.69 Å². The predicted octanol–water partition coefficient (Wildman–Crippen LogP) is -2.18. The van der Waals surface area contributed by atoms with Crippen LogP contribution >= 0.6 is 0 Å². The lowest BCUT2D eigenvalue weighted by Crippen LogP contribution is -3.00. The second kappa shape index (κ2) is 3.62. The van der Waals surface area contributed by atoms with Crippen LogP contribution in [0.25, 0.3) is 0 Å². The minimum Gasteiger partial charge on any atom is -1.00 e. The lowest BCUT2D eigenvalue weighted by atomic mass is 10.4. The molecule has 0 spiro atoms. The van der Waals surface area contributed by atoms with E-state index in [1.807, 2.05) is 25.4 Å². The van der Waals surface area contributed by atoms with Crippen LogP contribution in [0.3, 0.4) is 0 Å². The Labute approximate surface area is 66.1 Å². The fraction of sp³-hybridized carbons (Fsp3) is 0.286. The largest absolute Gasteiger partial charge is 1.00 e. The summed E-state index contributed by atoms with van der Waals surface area (Å²) >= 11 is 0. The molecule has 0 aromatic carbocycles. The Bertz CT molecular complexity index is 165. The third-order valence-electron chi connectivity index (χ3n) is 1.31. The van der Waals surface area contributed by atoms with E-state index < -0.39 is 0 Å². The molecule has 0 aliphatic rings. The predicted molar refractivity (Wildman–Crippen MR) is 32.4 cm³/mol. The van der Waals surface area contributed by atoms with E-state index in [4.69, 9.17) is 0 Å². The molecule has 0 fully saturated rings. The van der Waals surface area contributed by atoms with Crippen molar-refractivity contribution in [2.24, 2.45) is 7.05 Å². The molecule has 0 unspecified atom stereocenters. The Hall–Kier alpha value is -0.370. The average molecular weight is 188 g/mol. The van der Waals surface area contributed by atoms with Gasteiger partial charge in [0.15, 0.2) is 11.9 Å². The summed E-state index contributed by atoms with van der Waals surface area (Å²) in [6.45, 7) is 2.08. The summed E-state index contributed by atoms with van der Waals surface area (Å²) in [5.74, 6) is 0. The first-order valence-corrected chi connectivity index (χ1v) is 2.72. The second-order valence-electron chi connectivity index (χ2n) is 1.95. The van der Waals surface area contributed by atoms with Crippen molar-refractivity contribution in [3.05, 3.63) is 30.1 Å². The van der Waals surface area contributed by atoms with Gasteiger partial charge in [-0.2, -0.15) is 0 Å². The molecule has 0 aliphatic heterocycles. The van der Waals surface area contributed by atoms with E-state index in [9.17, 15) is 0 Å². The summed E-state index contributed by atoms with van der Waals surface area (Å²) in [4.78, 5) is 0. The topological polar surface area (TPSA) is 3.88 Å². The van der Waals surface area contributed by atoms with Gasteiger partial charge in [-0.15, -0.1) is 0 Å². The molecule has 0 saturated carbocycles. The standard InChI is InChI=1S/C7H10N.BrH/c1-7-5-3-4-6-8(7)2;/h3-6H,1-2H3;1H/q+1;/p-1. The third-order valence-corrected chi connectivity index (χ3v) is 1.31. The molecule has 50 valence electrons. The Balaban J connectivity index is 0.000000640. The summed E-state index contributed by atoms with van der Waals surface area (Å²) in [6.07, 6.45) is 2.04. The molecule has 0 aliphatic carbocycles. The summed E-state index contributed by atoms with van der Waals surface area (Å²) in [7, 11) is 2.04. The molecular formula is C7H10BrN. The first-order chi connectivity index (χ1) is 3.80. The zero-order chi connectivity index (χ0) is 5.98. The average Bonchev–Trinajstić information content (AvgIpc) is 1.77. The smallest absolute Gasteiger partial charge is 0.177 e. The van der Waals surface area contributed by atoms with Crippen molar-refractivity contribution in [2.45, 2.75) is 6.92 Å². The van der Waals surface area contributed by atoms with E-state index >= 15 is 0 Å². The van der Waals surface area contributed by atoms with Gasteiger partial charge in [0.05, 0.1) is 0 Å². The molecular weight excluding hydrogens is 178 g/mol. The number of pyridine rings is 1. The van der Waals surface area contributed by atoms with Gasteiger partial charge in [0.2, 0.25) is 0 Å². The molecule has 1 nitrogen and oxygen atoms in total. The van der Waals surface area contributed by atoms with Crippen LogP contribution in [0, 0.1) is 6.92 Å². The minimum absolute atomic E-state index is 0. The number of hydrogen-bond donors (Lipinski definition) is 0. The van der Waals surface area contributed by atoms with Gasteiger partial charge in [-0.3, -0.25) is 0 Å². The normalized spacial score (nSPS) is 8.22. The first kappa shape index (κ1) is 8.63. The molecule has 0 bridgehead atoms. The van der Waals surface area contributed by atoms with Crippen molar-refractivity contribution < 1.29 is 21.5 Å². The van der Waals surface area contributed by atoms with E-state index in [0.717, 1.165) is 0 Å². The second-order valence-corrected chi connectivity index (χ2v) is 1.95. The molecule has 9 heavy (non-hydrogen) atoms. The van der Waals surface area contributed by atoms with E-state index in [1.54, 1.807) is 0 Å². The zero-order valence-corrected chi connectivity index (χ0v) is 7.22. The van der Waals surface area contributed by atoms with Crippen molar-refractivity contribution in [3.63, 3.8) is 0 Å². The van der Waals surface area contributed by atoms with Crippen LogP contribution in [0.5, 0.6) is 0 Å². The zero-order valence-electron chi connectivity index (χ0n) is 5.63. The first-order valence-electron chi connectivity index (χ1n) is 2.72. The Morgan fingerprint density at radius 2 is 2.00 bits per heavy atom. The fourth-order valence-corrected chi connectivity index (χ4v) is 0.609. The molecule has 1 heterocycles. The molecule has 0 amide bonds. The van der Waals surface area contributed by atoms with Gasteiger partial charge in [-0.05, 0) is 0 Å². The molecule has 2 heteroatoms. The van der Waals surface area contributed by atoms with E-state index in [2.05, 4.69) is 17.6 Å². The van der Waals surface area contributed by atoms with Crippen LogP contribution in [0.2, 0.25) is 0 Å². The van der Waals surface area contributed by atoms with E-state index in [1.165, 1.54) is 5.69 Å². The quantitative estimate of drug-likeness (QED) is 0.408. The maximum Gasteiger partial charge on any atom is 0.177 e. The van der Waals surface area contributed by atoms with E-state index in [-0.39, 0.29) is 17.0 Å². The van der Waals surface area contributed by atoms with Crippen molar-refractivity contribution in [2.75, 3.05) is 0 Å². The van der Waals surface area contributed by atoms with Gasteiger partial charge >= 0.3 is 0 Å². The highest BCUT2D eigenvalue weighted by molar-refractivity contribution is 4.93. The molecule has 1 aromatic heterocycles. The third kappa shape index (κ3) is 2.14. The molecule has 1 rings (SSSR count). The van der Waals surface area contributed by atoms with Gasteiger partial charge in [0.25, 0.3) is 0 Å². The lowest BCUT2D eigenvalue weighted by Gasteiger charge is -1.87. The van der Waals surface area contributed by atoms with Crippen molar-refractivity contribution in [1.29, 1.82) is 0 Å². The van der Waals surface area contributed by atoms with Gasteiger partial charge < -0.3 is 17.0 Å². The summed E-state index contributed by atoms with van der Waals surface area (Å²) in [6, 6.07) is 6.14. The number of aryl methyl sites for hydroxylation is 2. The summed E-state index contributed by atoms with van der Waals surface area (Å²) in [5.41, 5.74) is 1.28. The Morgan fingerprint density at radius 1 is 1.33 bits per heavy atom. The number of nitrogens with zero attached hydrogens (tertiary/aromatic N) is 1. The van der Waals surface area contributed by atoms with Gasteiger partial charge in [-0.25, -0.2) is 4.57 Å². The number of rotatable bonds is 0. The summed E-state index contributed by atoms with van der Waals surface area (Å²) in [5, 5.41) is 0. The molecule has 1 aromatic rings. The highest BCUT2D eigenvalue weighted by Crippen LogP contribution is 1.83. The van der Waals surface area contributed by atoms with E-state index in [0.29, 0.717) is 0 Å². The van der Waals surface area contributed by atoms with Crippen LogP contribution in [-0.4, -0.2) is 0 Å². The number of aromatic nitrogens is 1. The fourth-order valence-electron chi connectivity index (χ4n) is 0.609. The lowest BCUT2D eigenvalue weighted by molar-refractivity contribution is -0.677. The molecule has 0 saturated heterocycles. The molecule has 0 N–H and O–H groups in total. The van der Waals surface area contributed by atoms with Crippen LogP contribution in [0.15, 0.2) is 24.4 Å². The highest BCUT2D eigenvalue weighted by atomic mass is 79.9. The van der Waals surface area contributed by atoms with Crippen LogP contribution in [-0.2, 0) is 7.05 Å². The van der Waals surface area contributed by atoms with Crippen molar-refractivity contribution in [3.8, 4) is 0 Å². The number of hydrogen-bond acceptors (Lipinski definition) is 0. The van der Waals surface area contributed by atoms with Gasteiger partial charge in [0, 0.05) is 19.1 Å². The van der Waals surface area contributed by atoms with Gasteiger partial charge in [0.1, 0.15) is 7.05 Å². The van der Waals surface area contributed by atoms with Crippen molar-refractivity contribution >= 4 is 0 Å². The molecule has 0 radical (unpaired) electrons. The SMILES string of the molecule is Cc1cccc[n+]1C.[Br-]. The van der Waals surface area contributed by atoms with Crippen molar-refractivity contribution in [1.82, 2.24) is 0 Å². The Morgan fingerprint density at radius 3 is 2.33 bits per heavy atom. The summed E-state index contributed by atoms with van der Waals surface area (Å²) < 4.78 is 2.08. The highest BCUT2D eigenvalue weighted by Gasteiger charge is 1.91. The molecule has 0 atom stereocenters. The Kier molecular flexibility index (Phi) is 3.47. The number of halogens is 1. The van der Waals surface area contributed by atoms with Crippen LogP contribution in [0.4, 0.5) is 0 Å². The minimum atomic E-state index is 0. The van der Waals surface area contributed by atoms with Crippen LogP contribution < -0.4 is 21.5 Å². The maximum atomic E-state index is 2.08.